The molecular formula is C23H28N2O3. The Morgan fingerprint density at radius 3 is 2.25 bits per heavy atom. The van der Waals surface area contributed by atoms with Crippen molar-refractivity contribution >= 4 is 11.8 Å². The third kappa shape index (κ3) is 6.12. The summed E-state index contributed by atoms with van der Waals surface area (Å²) in [4.78, 5) is 24.3. The molecule has 1 fully saturated rings. The molecule has 0 atom stereocenters. The van der Waals surface area contributed by atoms with Crippen molar-refractivity contribution < 1.29 is 14.3 Å². The monoisotopic (exact) mass is 380 g/mol. The Bertz CT molecular complexity index is 753. The normalized spacial score (nSPS) is 14.3. The fourth-order valence-electron chi connectivity index (χ4n) is 3.42. The highest BCUT2D eigenvalue weighted by Crippen LogP contribution is 2.23. The Balaban J connectivity index is 1.36. The maximum Gasteiger partial charge on any atom is 0.251 e. The molecule has 0 unspecified atom stereocenters. The molecule has 0 heterocycles. The van der Waals surface area contributed by atoms with Gasteiger partial charge in [-0.25, -0.2) is 0 Å². The van der Waals surface area contributed by atoms with Crippen LogP contribution in [0.15, 0.2) is 54.6 Å². The molecule has 2 aromatic carbocycles. The molecule has 1 aliphatic carbocycles. The van der Waals surface area contributed by atoms with Crippen molar-refractivity contribution in [1.29, 1.82) is 0 Å². The average Bonchev–Trinajstić information content (AvgIpc) is 2.76. The van der Waals surface area contributed by atoms with Crippen molar-refractivity contribution in [3.63, 3.8) is 0 Å². The number of ether oxygens (including phenoxy) is 1. The van der Waals surface area contributed by atoms with Gasteiger partial charge in [0.15, 0.2) is 0 Å². The zero-order valence-electron chi connectivity index (χ0n) is 16.2. The third-order valence-corrected chi connectivity index (χ3v) is 5.05. The lowest BCUT2D eigenvalue weighted by Crippen LogP contribution is -2.38. The Morgan fingerprint density at radius 1 is 0.857 bits per heavy atom. The third-order valence-electron chi connectivity index (χ3n) is 5.05. The molecule has 0 bridgehead atoms. The Hall–Kier alpha value is -2.82. The number of carbonyl (C=O) groups is 2. The van der Waals surface area contributed by atoms with Crippen LogP contribution in [0.1, 0.15) is 48.0 Å². The lowest BCUT2D eigenvalue weighted by Gasteiger charge is -2.20. The zero-order valence-corrected chi connectivity index (χ0v) is 16.2. The topological polar surface area (TPSA) is 67.4 Å². The molecule has 2 N–H and O–H groups in total. The van der Waals surface area contributed by atoms with Crippen LogP contribution in [0, 0.1) is 5.92 Å². The van der Waals surface area contributed by atoms with Crippen LogP contribution in [-0.4, -0.2) is 24.9 Å². The molecule has 148 valence electrons. The highest BCUT2D eigenvalue weighted by Gasteiger charge is 2.20. The van der Waals surface area contributed by atoms with Crippen molar-refractivity contribution in [1.82, 2.24) is 10.6 Å². The van der Waals surface area contributed by atoms with Gasteiger partial charge in [-0.2, -0.15) is 0 Å². The fraction of sp³-hybridized carbons (Fsp3) is 0.391. The standard InChI is InChI=1S/C23H28N2O3/c26-22(19-9-5-2-6-10-19)24-15-16-25-23(27)20-11-13-21(14-12-20)28-17-18-7-3-1-4-8-18/h1,3-4,7-8,11-14,19H,2,5-6,9-10,15-17H2,(H,24,26)(H,25,27). The quantitative estimate of drug-likeness (QED) is 0.687. The summed E-state index contributed by atoms with van der Waals surface area (Å²) in [5.41, 5.74) is 1.67. The molecule has 0 aromatic heterocycles. The van der Waals surface area contributed by atoms with Crippen LogP contribution in [0.2, 0.25) is 0 Å². The molecule has 28 heavy (non-hydrogen) atoms. The van der Waals surface area contributed by atoms with Crippen LogP contribution in [0.25, 0.3) is 0 Å². The number of rotatable bonds is 8. The summed E-state index contributed by atoms with van der Waals surface area (Å²) in [5, 5.41) is 5.77. The summed E-state index contributed by atoms with van der Waals surface area (Å²) in [6, 6.07) is 17.0. The maximum absolute atomic E-state index is 12.2. The van der Waals surface area contributed by atoms with Crippen LogP contribution in [0.3, 0.4) is 0 Å². The van der Waals surface area contributed by atoms with E-state index in [1.165, 1.54) is 6.42 Å². The fourth-order valence-corrected chi connectivity index (χ4v) is 3.42. The van der Waals surface area contributed by atoms with Crippen LogP contribution >= 0.6 is 0 Å². The Kier molecular flexibility index (Phi) is 7.47. The molecule has 0 saturated heterocycles. The molecule has 2 amide bonds. The van der Waals surface area contributed by atoms with E-state index >= 15 is 0 Å². The van der Waals surface area contributed by atoms with Crippen molar-refractivity contribution in [3.8, 4) is 5.75 Å². The van der Waals surface area contributed by atoms with Crippen LogP contribution in [-0.2, 0) is 11.4 Å². The van der Waals surface area contributed by atoms with E-state index < -0.39 is 0 Å². The second-order valence-corrected chi connectivity index (χ2v) is 7.18. The highest BCUT2D eigenvalue weighted by atomic mass is 16.5. The number of amides is 2. The number of carbonyl (C=O) groups excluding carboxylic acids is 2. The van der Waals surface area contributed by atoms with Gasteiger partial charge in [0.2, 0.25) is 5.91 Å². The first-order valence-electron chi connectivity index (χ1n) is 10.0. The predicted octanol–water partition coefficient (Wildman–Crippen LogP) is 3.69. The number of hydrogen-bond donors (Lipinski definition) is 2. The van der Waals surface area contributed by atoms with Crippen LogP contribution in [0.4, 0.5) is 0 Å². The van der Waals surface area contributed by atoms with Crippen LogP contribution < -0.4 is 15.4 Å². The van der Waals surface area contributed by atoms with E-state index in [1.807, 2.05) is 30.3 Å². The second kappa shape index (κ2) is 10.5. The molecule has 0 aliphatic heterocycles. The van der Waals surface area contributed by atoms with E-state index in [9.17, 15) is 9.59 Å². The molecule has 1 saturated carbocycles. The van der Waals surface area contributed by atoms with E-state index in [4.69, 9.17) is 4.74 Å². The number of benzene rings is 2. The lowest BCUT2D eigenvalue weighted by molar-refractivity contribution is -0.125. The second-order valence-electron chi connectivity index (χ2n) is 7.18. The molecule has 1 aliphatic rings. The zero-order chi connectivity index (χ0) is 19.6. The van der Waals surface area contributed by atoms with Crippen molar-refractivity contribution in [2.24, 2.45) is 5.92 Å². The van der Waals surface area contributed by atoms with Crippen molar-refractivity contribution in [2.75, 3.05) is 13.1 Å². The maximum atomic E-state index is 12.2. The van der Waals surface area contributed by atoms with Gasteiger partial charge in [-0.05, 0) is 42.7 Å². The van der Waals surface area contributed by atoms with Crippen LogP contribution in [0.5, 0.6) is 5.75 Å². The Morgan fingerprint density at radius 2 is 1.54 bits per heavy atom. The molecular weight excluding hydrogens is 352 g/mol. The summed E-state index contributed by atoms with van der Waals surface area (Å²) in [6.45, 7) is 1.37. The first kappa shape index (κ1) is 19.9. The van der Waals surface area contributed by atoms with Crippen molar-refractivity contribution in [2.45, 2.75) is 38.7 Å². The van der Waals surface area contributed by atoms with Gasteiger partial charge in [-0.1, -0.05) is 49.6 Å². The van der Waals surface area contributed by atoms with Gasteiger partial charge in [0.05, 0.1) is 0 Å². The van der Waals surface area contributed by atoms with Gasteiger partial charge in [0.25, 0.3) is 5.91 Å². The first-order chi connectivity index (χ1) is 13.7. The largest absolute Gasteiger partial charge is 0.489 e. The minimum Gasteiger partial charge on any atom is -0.489 e. The van der Waals surface area contributed by atoms with E-state index in [-0.39, 0.29) is 17.7 Å². The minimum atomic E-state index is -0.151. The summed E-state index contributed by atoms with van der Waals surface area (Å²) in [6.07, 6.45) is 5.48. The van der Waals surface area contributed by atoms with Gasteiger partial charge >= 0.3 is 0 Å². The first-order valence-corrected chi connectivity index (χ1v) is 10.0. The number of hydrogen-bond acceptors (Lipinski definition) is 3. The van der Waals surface area contributed by atoms with Gasteiger partial charge in [0, 0.05) is 24.6 Å². The van der Waals surface area contributed by atoms with Crippen molar-refractivity contribution in [3.05, 3.63) is 65.7 Å². The molecule has 2 aromatic rings. The average molecular weight is 380 g/mol. The van der Waals surface area contributed by atoms with E-state index in [1.54, 1.807) is 24.3 Å². The van der Waals surface area contributed by atoms with E-state index in [0.717, 1.165) is 37.0 Å². The van der Waals surface area contributed by atoms with Gasteiger partial charge in [-0.15, -0.1) is 0 Å². The molecule has 5 nitrogen and oxygen atoms in total. The summed E-state index contributed by atoms with van der Waals surface area (Å²) >= 11 is 0. The summed E-state index contributed by atoms with van der Waals surface area (Å²) < 4.78 is 5.73. The lowest BCUT2D eigenvalue weighted by atomic mass is 9.89. The summed E-state index contributed by atoms with van der Waals surface area (Å²) in [5.74, 6) is 0.837. The van der Waals surface area contributed by atoms with Gasteiger partial charge in [-0.3, -0.25) is 9.59 Å². The predicted molar refractivity (Wildman–Crippen MR) is 109 cm³/mol. The Labute approximate surface area is 166 Å². The van der Waals surface area contributed by atoms with Gasteiger partial charge < -0.3 is 15.4 Å². The molecule has 0 radical (unpaired) electrons. The summed E-state index contributed by atoms with van der Waals surface area (Å²) in [7, 11) is 0. The number of nitrogens with one attached hydrogen (secondary N) is 2. The smallest absolute Gasteiger partial charge is 0.251 e. The molecule has 0 spiro atoms. The molecule has 3 rings (SSSR count). The van der Waals surface area contributed by atoms with E-state index in [2.05, 4.69) is 10.6 Å². The molecule has 5 heteroatoms. The highest BCUT2D eigenvalue weighted by molar-refractivity contribution is 5.94. The van der Waals surface area contributed by atoms with Gasteiger partial charge in [0.1, 0.15) is 12.4 Å². The SMILES string of the molecule is O=C(NCCNC(=O)C1CCCCC1)c1ccc(OCc2ccccc2)cc1. The van der Waals surface area contributed by atoms with E-state index in [0.29, 0.717) is 25.3 Å². The minimum absolute atomic E-state index is 0.119.